The maximum atomic E-state index is 13.4. The van der Waals surface area contributed by atoms with Crippen LogP contribution in [0, 0.1) is 5.92 Å². The smallest absolute Gasteiger partial charge is 0.382 e. The Morgan fingerprint density at radius 1 is 1.03 bits per heavy atom. The zero-order chi connectivity index (χ0) is 25.4. The molecule has 2 saturated carbocycles. The first-order valence-electron chi connectivity index (χ1n) is 12.7. The lowest BCUT2D eigenvalue weighted by Gasteiger charge is -2.31. The number of aromatic nitrogens is 1. The highest BCUT2D eigenvalue weighted by molar-refractivity contribution is 6.31. The van der Waals surface area contributed by atoms with Gasteiger partial charge < -0.3 is 15.5 Å². The van der Waals surface area contributed by atoms with Crippen LogP contribution in [0.1, 0.15) is 63.5 Å². The van der Waals surface area contributed by atoms with Crippen LogP contribution >= 0.6 is 11.6 Å². The fraction of sp³-hybridized carbons (Fsp3) is 0.577. The van der Waals surface area contributed by atoms with Gasteiger partial charge in [0.05, 0.1) is 11.4 Å². The molecule has 1 atom stereocenters. The van der Waals surface area contributed by atoms with Crippen molar-refractivity contribution in [1.82, 2.24) is 15.2 Å². The van der Waals surface area contributed by atoms with E-state index in [1.165, 1.54) is 12.1 Å². The van der Waals surface area contributed by atoms with Gasteiger partial charge in [-0.15, -0.1) is 0 Å². The van der Waals surface area contributed by atoms with Gasteiger partial charge in [-0.05, 0) is 62.8 Å². The van der Waals surface area contributed by atoms with Gasteiger partial charge in [-0.1, -0.05) is 24.4 Å². The lowest BCUT2D eigenvalue weighted by atomic mass is 9.90. The summed E-state index contributed by atoms with van der Waals surface area (Å²) in [5.41, 5.74) is -0.354. The van der Waals surface area contributed by atoms with Crippen LogP contribution in [0.15, 0.2) is 24.3 Å². The summed E-state index contributed by atoms with van der Waals surface area (Å²) in [6, 6.07) is 5.94. The number of carbonyl (C=O) groups excluding carboxylic acids is 2. The van der Waals surface area contributed by atoms with Crippen molar-refractivity contribution in [2.24, 2.45) is 5.92 Å². The van der Waals surface area contributed by atoms with Crippen molar-refractivity contribution in [1.29, 1.82) is 0 Å². The van der Waals surface area contributed by atoms with Gasteiger partial charge >= 0.3 is 6.18 Å². The summed E-state index contributed by atoms with van der Waals surface area (Å²) in [6.45, 7) is 0.505. The number of halogens is 4. The molecule has 2 aromatic rings. The summed E-state index contributed by atoms with van der Waals surface area (Å²) >= 11 is 6.10. The first-order valence-corrected chi connectivity index (χ1v) is 13.1. The molecule has 1 unspecified atom stereocenters. The molecule has 2 heterocycles. The predicted molar refractivity (Wildman–Crippen MR) is 132 cm³/mol. The van der Waals surface area contributed by atoms with Crippen LogP contribution in [0.25, 0.3) is 10.9 Å². The number of benzene rings is 1. The second-order valence-electron chi connectivity index (χ2n) is 10.3. The SMILES string of the molecule is O=C(NC1CCC(Nc2cc(C(F)(F)F)nc3ccc(Cl)cc23)CC1)C1CC(=O)N(C2CCCC2)C1. The van der Waals surface area contributed by atoms with Crippen molar-refractivity contribution >= 4 is 40.0 Å². The summed E-state index contributed by atoms with van der Waals surface area (Å²) in [6.07, 6.45) is 2.90. The minimum Gasteiger partial charge on any atom is -0.382 e. The largest absolute Gasteiger partial charge is 0.433 e. The number of amides is 2. The number of likely N-dealkylation sites (tertiary alicyclic amines) is 1. The molecular formula is C26H30ClF3N4O2. The Morgan fingerprint density at radius 3 is 2.42 bits per heavy atom. The number of nitrogens with zero attached hydrogens (tertiary/aromatic N) is 2. The molecule has 3 aliphatic rings. The number of hydrogen-bond donors (Lipinski definition) is 2. The molecule has 0 radical (unpaired) electrons. The number of hydrogen-bond acceptors (Lipinski definition) is 4. The number of pyridine rings is 1. The number of alkyl halides is 3. The van der Waals surface area contributed by atoms with Crippen molar-refractivity contribution in [2.45, 2.75) is 82.1 Å². The van der Waals surface area contributed by atoms with Crippen molar-refractivity contribution < 1.29 is 22.8 Å². The molecule has 1 aromatic carbocycles. The van der Waals surface area contributed by atoms with Gasteiger partial charge in [-0.2, -0.15) is 13.2 Å². The number of carbonyl (C=O) groups is 2. The third kappa shape index (κ3) is 5.41. The lowest BCUT2D eigenvalue weighted by Crippen LogP contribution is -2.43. The zero-order valence-corrected chi connectivity index (χ0v) is 20.7. The van der Waals surface area contributed by atoms with E-state index in [-0.39, 0.29) is 47.8 Å². The van der Waals surface area contributed by atoms with Gasteiger partial charge in [0.15, 0.2) is 0 Å². The molecule has 0 bridgehead atoms. The number of fused-ring (bicyclic) bond motifs is 1. The normalized spacial score (nSPS) is 25.5. The predicted octanol–water partition coefficient (Wildman–Crippen LogP) is 5.54. The molecule has 0 spiro atoms. The highest BCUT2D eigenvalue weighted by atomic mass is 35.5. The van der Waals surface area contributed by atoms with E-state index in [0.29, 0.717) is 48.3 Å². The van der Waals surface area contributed by atoms with Crippen LogP contribution in [0.3, 0.4) is 0 Å². The van der Waals surface area contributed by atoms with Gasteiger partial charge in [0.1, 0.15) is 5.69 Å². The molecule has 2 N–H and O–H groups in total. The summed E-state index contributed by atoms with van der Waals surface area (Å²) < 4.78 is 40.2. The zero-order valence-electron chi connectivity index (χ0n) is 19.9. The standard InChI is InChI=1S/C26H30ClF3N4O2/c27-16-5-10-21-20(12-16)22(13-23(33-21)26(28,29)30)31-17-6-8-18(9-7-17)32-25(36)15-11-24(35)34(14-15)19-3-1-2-4-19/h5,10,12-13,15,17-19H,1-4,6-9,11,14H2,(H,31,33)(H,32,36). The van der Waals surface area contributed by atoms with Crippen molar-refractivity contribution in [2.75, 3.05) is 11.9 Å². The first-order chi connectivity index (χ1) is 17.2. The van der Waals surface area contributed by atoms with E-state index in [1.807, 2.05) is 4.90 Å². The minimum atomic E-state index is -4.55. The molecule has 2 amide bonds. The summed E-state index contributed by atoms with van der Waals surface area (Å²) in [4.78, 5) is 31.0. The Labute approximate surface area is 213 Å². The molecule has 36 heavy (non-hydrogen) atoms. The summed E-state index contributed by atoms with van der Waals surface area (Å²) in [5, 5.41) is 7.37. The fourth-order valence-corrected chi connectivity index (χ4v) is 6.03. The molecule has 2 aliphatic carbocycles. The first kappa shape index (κ1) is 25.1. The lowest BCUT2D eigenvalue weighted by molar-refractivity contribution is -0.141. The van der Waals surface area contributed by atoms with Crippen LogP contribution < -0.4 is 10.6 Å². The fourth-order valence-electron chi connectivity index (χ4n) is 5.86. The molecular weight excluding hydrogens is 493 g/mol. The number of anilines is 1. The molecule has 3 fully saturated rings. The van der Waals surface area contributed by atoms with Gasteiger partial charge in [0.2, 0.25) is 11.8 Å². The third-order valence-corrected chi connectivity index (χ3v) is 8.02. The van der Waals surface area contributed by atoms with Gasteiger partial charge in [-0.25, -0.2) is 4.98 Å². The molecule has 1 aromatic heterocycles. The average molecular weight is 523 g/mol. The maximum absolute atomic E-state index is 13.4. The van der Waals surface area contributed by atoms with E-state index in [9.17, 15) is 22.8 Å². The molecule has 5 rings (SSSR count). The van der Waals surface area contributed by atoms with Crippen LogP contribution in [0.5, 0.6) is 0 Å². The topological polar surface area (TPSA) is 74.3 Å². The summed E-state index contributed by atoms with van der Waals surface area (Å²) in [5.74, 6) is -0.287. The Hall–Kier alpha value is -2.55. The molecule has 194 valence electrons. The molecule has 1 aliphatic heterocycles. The van der Waals surface area contributed by atoms with Crippen molar-refractivity contribution in [3.63, 3.8) is 0 Å². The highest BCUT2D eigenvalue weighted by Crippen LogP contribution is 2.35. The monoisotopic (exact) mass is 522 g/mol. The van der Waals surface area contributed by atoms with E-state index in [4.69, 9.17) is 11.6 Å². The Balaban J connectivity index is 1.18. The van der Waals surface area contributed by atoms with Crippen molar-refractivity contribution in [3.05, 3.63) is 35.0 Å². The Kier molecular flexibility index (Phi) is 7.03. The minimum absolute atomic E-state index is 0.000507. The van der Waals surface area contributed by atoms with E-state index >= 15 is 0 Å². The van der Waals surface area contributed by atoms with E-state index in [2.05, 4.69) is 15.6 Å². The van der Waals surface area contributed by atoms with Crippen LogP contribution in [-0.2, 0) is 15.8 Å². The summed E-state index contributed by atoms with van der Waals surface area (Å²) in [7, 11) is 0. The molecule has 6 nitrogen and oxygen atoms in total. The van der Waals surface area contributed by atoms with Crippen LogP contribution in [0.2, 0.25) is 5.02 Å². The Bertz CT molecular complexity index is 1140. The van der Waals surface area contributed by atoms with Crippen LogP contribution in [0.4, 0.5) is 18.9 Å². The van der Waals surface area contributed by atoms with Gasteiger partial charge in [0.25, 0.3) is 0 Å². The van der Waals surface area contributed by atoms with Gasteiger partial charge in [-0.3, -0.25) is 9.59 Å². The van der Waals surface area contributed by atoms with E-state index in [0.717, 1.165) is 31.7 Å². The quantitative estimate of drug-likeness (QED) is 0.541. The van der Waals surface area contributed by atoms with Gasteiger partial charge in [0, 0.05) is 47.2 Å². The maximum Gasteiger partial charge on any atom is 0.433 e. The van der Waals surface area contributed by atoms with E-state index in [1.54, 1.807) is 6.07 Å². The highest BCUT2D eigenvalue weighted by Gasteiger charge is 2.39. The number of rotatable bonds is 5. The van der Waals surface area contributed by atoms with Crippen LogP contribution in [-0.4, -0.2) is 46.4 Å². The molecule has 1 saturated heterocycles. The van der Waals surface area contributed by atoms with Crippen molar-refractivity contribution in [3.8, 4) is 0 Å². The second-order valence-corrected chi connectivity index (χ2v) is 10.7. The van der Waals surface area contributed by atoms with E-state index < -0.39 is 11.9 Å². The number of nitrogens with one attached hydrogen (secondary N) is 2. The molecule has 10 heteroatoms. The second kappa shape index (κ2) is 10.1. The average Bonchev–Trinajstić information content (AvgIpc) is 3.49. The Morgan fingerprint density at radius 2 is 1.72 bits per heavy atom. The third-order valence-electron chi connectivity index (χ3n) is 7.79.